The molecule has 1 nitrogen and oxygen atoms in total. The lowest BCUT2D eigenvalue weighted by Crippen LogP contribution is -1.95. The predicted octanol–water partition coefficient (Wildman–Crippen LogP) is 5.40. The van der Waals surface area contributed by atoms with Crippen LogP contribution >= 0.6 is 0 Å². The van der Waals surface area contributed by atoms with E-state index in [9.17, 15) is 0 Å². The molecule has 0 amide bonds. The molecule has 2 aliphatic rings. The molecule has 0 aromatic heterocycles. The Morgan fingerprint density at radius 2 is 1.19 bits per heavy atom. The lowest BCUT2D eigenvalue weighted by Gasteiger charge is -2.14. The Balaban J connectivity index is 1.72. The predicted molar refractivity (Wildman–Crippen MR) is 87.7 cm³/mol. The summed E-state index contributed by atoms with van der Waals surface area (Å²) in [6.07, 6.45) is 6.50. The maximum atomic E-state index is 6.29. The molecular formula is C20H18O. The summed E-state index contributed by atoms with van der Waals surface area (Å²) in [5.41, 5.74) is 8.03. The molecule has 0 unspecified atom stereocenters. The molecule has 21 heavy (non-hydrogen) atoms. The molecular weight excluding hydrogens is 256 g/mol. The second-order valence-electron chi connectivity index (χ2n) is 6.08. The molecule has 0 aliphatic heterocycles. The zero-order valence-corrected chi connectivity index (χ0v) is 12.4. The van der Waals surface area contributed by atoms with Gasteiger partial charge in [-0.3, -0.25) is 0 Å². The summed E-state index contributed by atoms with van der Waals surface area (Å²) in [7, 11) is 0. The SMILES string of the molecule is CC1=Cc2cccc(Oc3cccc4c3CC(C)=C4)c2C1. The van der Waals surface area contributed by atoms with E-state index in [1.165, 1.54) is 33.4 Å². The van der Waals surface area contributed by atoms with Crippen molar-refractivity contribution >= 4 is 12.2 Å². The van der Waals surface area contributed by atoms with E-state index in [1.54, 1.807) is 0 Å². The van der Waals surface area contributed by atoms with Crippen LogP contribution in [0.15, 0.2) is 47.5 Å². The number of rotatable bonds is 2. The zero-order chi connectivity index (χ0) is 14.4. The van der Waals surface area contributed by atoms with Crippen LogP contribution in [0.25, 0.3) is 12.2 Å². The molecule has 2 aromatic rings. The first-order valence-corrected chi connectivity index (χ1v) is 7.47. The second kappa shape index (κ2) is 4.63. The molecule has 0 N–H and O–H groups in total. The van der Waals surface area contributed by atoms with Crippen LogP contribution in [0, 0.1) is 0 Å². The van der Waals surface area contributed by atoms with E-state index >= 15 is 0 Å². The molecule has 0 atom stereocenters. The summed E-state index contributed by atoms with van der Waals surface area (Å²) < 4.78 is 6.29. The van der Waals surface area contributed by atoms with Gasteiger partial charge in [0.25, 0.3) is 0 Å². The van der Waals surface area contributed by atoms with Crippen molar-refractivity contribution in [1.29, 1.82) is 0 Å². The van der Waals surface area contributed by atoms with E-state index in [-0.39, 0.29) is 0 Å². The molecule has 0 fully saturated rings. The van der Waals surface area contributed by atoms with Crippen molar-refractivity contribution < 1.29 is 4.74 Å². The Morgan fingerprint density at radius 1 is 0.714 bits per heavy atom. The summed E-state index contributed by atoms with van der Waals surface area (Å²) in [5, 5.41) is 0. The van der Waals surface area contributed by atoms with Crippen LogP contribution in [0.4, 0.5) is 0 Å². The van der Waals surface area contributed by atoms with Crippen molar-refractivity contribution in [1.82, 2.24) is 0 Å². The minimum absolute atomic E-state index is 0.998. The summed E-state index contributed by atoms with van der Waals surface area (Å²) in [5.74, 6) is 2.00. The maximum Gasteiger partial charge on any atom is 0.131 e. The maximum absolute atomic E-state index is 6.29. The van der Waals surface area contributed by atoms with Crippen molar-refractivity contribution in [2.45, 2.75) is 26.7 Å². The lowest BCUT2D eigenvalue weighted by atomic mass is 10.1. The fourth-order valence-corrected chi connectivity index (χ4v) is 3.31. The first-order valence-electron chi connectivity index (χ1n) is 7.47. The van der Waals surface area contributed by atoms with Gasteiger partial charge in [0.05, 0.1) is 0 Å². The first kappa shape index (κ1) is 12.5. The van der Waals surface area contributed by atoms with E-state index in [4.69, 9.17) is 4.74 Å². The molecule has 2 aromatic carbocycles. The van der Waals surface area contributed by atoms with Gasteiger partial charge < -0.3 is 4.74 Å². The van der Waals surface area contributed by atoms with E-state index in [1.807, 2.05) is 0 Å². The highest BCUT2D eigenvalue weighted by Crippen LogP contribution is 2.38. The van der Waals surface area contributed by atoms with Gasteiger partial charge in [0.2, 0.25) is 0 Å². The van der Waals surface area contributed by atoms with Gasteiger partial charge >= 0.3 is 0 Å². The molecule has 0 heterocycles. The van der Waals surface area contributed by atoms with Crippen LogP contribution in [0.2, 0.25) is 0 Å². The van der Waals surface area contributed by atoms with Gasteiger partial charge in [0.1, 0.15) is 11.5 Å². The van der Waals surface area contributed by atoms with Crippen LogP contribution in [0.5, 0.6) is 11.5 Å². The molecule has 1 heteroatoms. The van der Waals surface area contributed by atoms with E-state index in [0.717, 1.165) is 24.3 Å². The molecule has 104 valence electrons. The topological polar surface area (TPSA) is 9.23 Å². The Hall–Kier alpha value is -2.28. The first-order chi connectivity index (χ1) is 10.2. The van der Waals surface area contributed by atoms with Crippen LogP contribution in [-0.4, -0.2) is 0 Å². The van der Waals surface area contributed by atoms with Crippen LogP contribution in [0.3, 0.4) is 0 Å². The van der Waals surface area contributed by atoms with Gasteiger partial charge in [-0.1, -0.05) is 47.6 Å². The van der Waals surface area contributed by atoms with Gasteiger partial charge in [-0.15, -0.1) is 0 Å². The Bertz CT molecular complexity index is 726. The molecule has 2 aliphatic carbocycles. The smallest absolute Gasteiger partial charge is 0.131 e. The van der Waals surface area contributed by atoms with E-state index in [0.29, 0.717) is 0 Å². The summed E-state index contributed by atoms with van der Waals surface area (Å²) >= 11 is 0. The largest absolute Gasteiger partial charge is 0.457 e. The van der Waals surface area contributed by atoms with Crippen molar-refractivity contribution in [3.8, 4) is 11.5 Å². The quantitative estimate of drug-likeness (QED) is 0.712. The van der Waals surface area contributed by atoms with Gasteiger partial charge in [-0.25, -0.2) is 0 Å². The average molecular weight is 274 g/mol. The number of allylic oxidation sites excluding steroid dienone is 2. The van der Waals surface area contributed by atoms with Crippen LogP contribution < -0.4 is 4.74 Å². The third-order valence-corrected chi connectivity index (χ3v) is 4.27. The number of benzene rings is 2. The van der Waals surface area contributed by atoms with Crippen LogP contribution in [0.1, 0.15) is 36.1 Å². The minimum atomic E-state index is 0.998. The van der Waals surface area contributed by atoms with E-state index < -0.39 is 0 Å². The van der Waals surface area contributed by atoms with Gasteiger partial charge in [0.15, 0.2) is 0 Å². The zero-order valence-electron chi connectivity index (χ0n) is 12.4. The third kappa shape index (κ3) is 2.09. The Labute approximate surface area is 125 Å². The Morgan fingerprint density at radius 3 is 1.67 bits per heavy atom. The summed E-state index contributed by atoms with van der Waals surface area (Å²) in [6, 6.07) is 12.7. The highest BCUT2D eigenvalue weighted by Gasteiger charge is 2.18. The fourth-order valence-electron chi connectivity index (χ4n) is 3.31. The minimum Gasteiger partial charge on any atom is -0.457 e. The molecule has 0 saturated heterocycles. The second-order valence-corrected chi connectivity index (χ2v) is 6.08. The van der Waals surface area contributed by atoms with Gasteiger partial charge in [-0.05, 0) is 49.9 Å². The van der Waals surface area contributed by atoms with Crippen molar-refractivity contribution in [2.24, 2.45) is 0 Å². The highest BCUT2D eigenvalue weighted by molar-refractivity contribution is 5.69. The molecule has 0 spiro atoms. The number of hydrogen-bond donors (Lipinski definition) is 0. The van der Waals surface area contributed by atoms with Crippen molar-refractivity contribution in [3.05, 3.63) is 69.8 Å². The normalized spacial score (nSPS) is 15.3. The molecule has 0 saturated carbocycles. The Kier molecular flexibility index (Phi) is 2.75. The standard InChI is InChI=1S/C20H18O/c1-13-9-15-5-3-7-19(17(15)11-13)21-20-8-4-6-16-10-14(2)12-18(16)20/h3-10H,11-12H2,1-2H3. The third-order valence-electron chi connectivity index (χ3n) is 4.27. The average Bonchev–Trinajstić information content (AvgIpc) is 3.01. The number of ether oxygens (including phenoxy) is 1. The fraction of sp³-hybridized carbons (Fsp3) is 0.200. The summed E-state index contributed by atoms with van der Waals surface area (Å²) in [6.45, 7) is 4.36. The highest BCUT2D eigenvalue weighted by atomic mass is 16.5. The molecule has 4 rings (SSSR count). The van der Waals surface area contributed by atoms with Crippen molar-refractivity contribution in [2.75, 3.05) is 0 Å². The molecule has 0 radical (unpaired) electrons. The van der Waals surface area contributed by atoms with Gasteiger partial charge in [-0.2, -0.15) is 0 Å². The van der Waals surface area contributed by atoms with Gasteiger partial charge in [0, 0.05) is 11.1 Å². The van der Waals surface area contributed by atoms with Crippen LogP contribution in [-0.2, 0) is 12.8 Å². The van der Waals surface area contributed by atoms with Crippen molar-refractivity contribution in [3.63, 3.8) is 0 Å². The number of fused-ring (bicyclic) bond motifs is 2. The summed E-state index contributed by atoms with van der Waals surface area (Å²) in [4.78, 5) is 0. The monoisotopic (exact) mass is 274 g/mol. The number of hydrogen-bond acceptors (Lipinski definition) is 1. The molecule has 0 bridgehead atoms. The van der Waals surface area contributed by atoms with E-state index in [2.05, 4.69) is 62.4 Å². The lowest BCUT2D eigenvalue weighted by molar-refractivity contribution is 0.472.